The minimum absolute atomic E-state index is 0.00856. The molecular weight excluding hydrogens is 412 g/mol. The molecule has 1 aliphatic heterocycles. The van der Waals surface area contributed by atoms with Crippen LogP contribution in [0.3, 0.4) is 0 Å². The van der Waals surface area contributed by atoms with Gasteiger partial charge in [-0.3, -0.25) is 9.69 Å². The van der Waals surface area contributed by atoms with E-state index < -0.39 is 5.60 Å². The minimum atomic E-state index is -1.10. The molecule has 1 saturated heterocycles. The third-order valence-corrected chi connectivity index (χ3v) is 7.56. The third kappa shape index (κ3) is 5.96. The van der Waals surface area contributed by atoms with Gasteiger partial charge in [0.05, 0.1) is 6.54 Å². The van der Waals surface area contributed by atoms with Crippen LogP contribution in [0.5, 0.6) is 5.75 Å². The Labute approximate surface area is 198 Å². The van der Waals surface area contributed by atoms with Crippen molar-refractivity contribution in [2.24, 2.45) is 0 Å². The highest BCUT2D eigenvalue weighted by molar-refractivity contribution is 5.73. The lowest BCUT2D eigenvalue weighted by Gasteiger charge is -2.39. The molecule has 0 aromatic heterocycles. The molecule has 2 aromatic rings. The predicted molar refractivity (Wildman–Crippen MR) is 132 cm³/mol. The van der Waals surface area contributed by atoms with E-state index in [0.717, 1.165) is 25.1 Å². The molecule has 5 nitrogen and oxygen atoms in total. The van der Waals surface area contributed by atoms with E-state index in [1.165, 1.54) is 29.5 Å². The second-order valence-electron chi connectivity index (χ2n) is 10.1. The molecule has 2 aliphatic rings. The van der Waals surface area contributed by atoms with Gasteiger partial charge < -0.3 is 14.7 Å². The second-order valence-corrected chi connectivity index (χ2v) is 10.1. The van der Waals surface area contributed by atoms with Gasteiger partial charge in [-0.25, -0.2) is 0 Å². The summed E-state index contributed by atoms with van der Waals surface area (Å²) in [7, 11) is 0. The number of hydrogen-bond acceptors (Lipinski definition) is 4. The summed E-state index contributed by atoms with van der Waals surface area (Å²) in [5, 5.41) is 11.6. The van der Waals surface area contributed by atoms with Gasteiger partial charge in [0.25, 0.3) is 0 Å². The van der Waals surface area contributed by atoms with E-state index in [2.05, 4.69) is 49.1 Å². The molecule has 0 bridgehead atoms. The molecule has 1 N–H and O–H groups in total. The molecule has 1 amide bonds. The zero-order chi connectivity index (χ0) is 23.4. The van der Waals surface area contributed by atoms with Gasteiger partial charge in [0.15, 0.2) is 0 Å². The SMILES string of the molecule is CC(=O)N1CCN(C2CCC(c3ccccc3)CC2)C[C@@](O)(COc2ccc(C)c(C)c2)C1. The molecule has 33 heavy (non-hydrogen) atoms. The Kier molecular flexibility index (Phi) is 7.40. The number of aryl methyl sites for hydroxylation is 2. The van der Waals surface area contributed by atoms with Crippen molar-refractivity contribution in [3.63, 3.8) is 0 Å². The van der Waals surface area contributed by atoms with Gasteiger partial charge in [-0.1, -0.05) is 36.4 Å². The fourth-order valence-electron chi connectivity index (χ4n) is 5.38. The van der Waals surface area contributed by atoms with Crippen LogP contribution in [0, 0.1) is 13.8 Å². The summed E-state index contributed by atoms with van der Waals surface area (Å²) in [4.78, 5) is 16.4. The van der Waals surface area contributed by atoms with E-state index in [-0.39, 0.29) is 12.5 Å². The standard InChI is InChI=1S/C28H38N2O3/c1-21-9-14-27(17-22(21)2)33-20-28(32)18-29(23(3)31)15-16-30(19-28)26-12-10-25(11-13-26)24-7-5-4-6-8-24/h4-9,14,17,25-26,32H,10-13,15-16,18-20H2,1-3H3/t25?,26?,28-/m1/s1. The van der Waals surface area contributed by atoms with Crippen molar-refractivity contribution < 1.29 is 14.6 Å². The number of ether oxygens (including phenoxy) is 1. The Bertz CT molecular complexity index is 939. The van der Waals surface area contributed by atoms with Crippen LogP contribution in [0.2, 0.25) is 0 Å². The lowest BCUT2D eigenvalue weighted by Crippen LogP contribution is -2.53. The molecule has 0 unspecified atom stereocenters. The topological polar surface area (TPSA) is 53.0 Å². The first kappa shape index (κ1) is 23.8. The first-order valence-corrected chi connectivity index (χ1v) is 12.3. The zero-order valence-corrected chi connectivity index (χ0v) is 20.3. The molecule has 1 atom stereocenters. The summed E-state index contributed by atoms with van der Waals surface area (Å²) in [5.41, 5.74) is 2.72. The van der Waals surface area contributed by atoms with Crippen LogP contribution >= 0.6 is 0 Å². The maximum Gasteiger partial charge on any atom is 0.219 e. The molecule has 2 aromatic carbocycles. The number of carbonyl (C=O) groups excluding carboxylic acids is 1. The Morgan fingerprint density at radius 3 is 2.39 bits per heavy atom. The largest absolute Gasteiger partial charge is 0.490 e. The van der Waals surface area contributed by atoms with Gasteiger partial charge in [0.2, 0.25) is 5.91 Å². The Balaban J connectivity index is 1.43. The minimum Gasteiger partial charge on any atom is -0.490 e. The molecule has 2 fully saturated rings. The van der Waals surface area contributed by atoms with Crippen molar-refractivity contribution in [1.29, 1.82) is 0 Å². The van der Waals surface area contributed by atoms with Gasteiger partial charge in [0.1, 0.15) is 18.0 Å². The molecule has 1 aliphatic carbocycles. The average molecular weight is 451 g/mol. The summed E-state index contributed by atoms with van der Waals surface area (Å²) in [6.45, 7) is 8.19. The number of rotatable bonds is 5. The van der Waals surface area contributed by atoms with Crippen LogP contribution in [0.4, 0.5) is 0 Å². The summed E-state index contributed by atoms with van der Waals surface area (Å²) < 4.78 is 6.06. The Hall–Kier alpha value is -2.37. The van der Waals surface area contributed by atoms with Crippen LogP contribution < -0.4 is 4.74 Å². The summed E-state index contributed by atoms with van der Waals surface area (Å²) in [6, 6.07) is 17.3. The summed E-state index contributed by atoms with van der Waals surface area (Å²) in [6.07, 6.45) is 4.57. The fourth-order valence-corrected chi connectivity index (χ4v) is 5.38. The van der Waals surface area contributed by atoms with E-state index in [9.17, 15) is 9.90 Å². The highest BCUT2D eigenvalue weighted by Crippen LogP contribution is 2.35. The van der Waals surface area contributed by atoms with E-state index in [1.54, 1.807) is 11.8 Å². The number of aliphatic hydroxyl groups is 1. The maximum absolute atomic E-state index is 12.2. The molecular formula is C28H38N2O3. The Morgan fingerprint density at radius 2 is 1.73 bits per heavy atom. The number of carbonyl (C=O) groups is 1. The quantitative estimate of drug-likeness (QED) is 0.738. The first-order chi connectivity index (χ1) is 15.8. The number of β-amino-alcohol motifs (C(OH)–C–C–N with tert-alkyl or cyclic N) is 1. The first-order valence-electron chi connectivity index (χ1n) is 12.3. The number of nitrogens with zero attached hydrogens (tertiary/aromatic N) is 2. The normalized spacial score (nSPS) is 26.6. The average Bonchev–Trinajstić information content (AvgIpc) is 3.00. The van der Waals surface area contributed by atoms with E-state index in [1.807, 2.05) is 18.2 Å². The van der Waals surface area contributed by atoms with Gasteiger partial charge in [-0.2, -0.15) is 0 Å². The highest BCUT2D eigenvalue weighted by atomic mass is 16.5. The fraction of sp³-hybridized carbons (Fsp3) is 0.536. The van der Waals surface area contributed by atoms with Crippen LogP contribution in [0.25, 0.3) is 0 Å². The summed E-state index contributed by atoms with van der Waals surface area (Å²) >= 11 is 0. The molecule has 178 valence electrons. The lowest BCUT2D eigenvalue weighted by atomic mass is 9.81. The Morgan fingerprint density at radius 1 is 1.00 bits per heavy atom. The van der Waals surface area contributed by atoms with E-state index in [0.29, 0.717) is 31.6 Å². The molecule has 1 saturated carbocycles. The number of hydrogen-bond donors (Lipinski definition) is 1. The van der Waals surface area contributed by atoms with E-state index >= 15 is 0 Å². The lowest BCUT2D eigenvalue weighted by molar-refractivity contribution is -0.132. The smallest absolute Gasteiger partial charge is 0.219 e. The molecule has 4 rings (SSSR count). The van der Waals surface area contributed by atoms with Crippen LogP contribution in [-0.4, -0.2) is 65.2 Å². The van der Waals surface area contributed by atoms with Crippen LogP contribution in [0.1, 0.15) is 55.2 Å². The number of benzene rings is 2. The van der Waals surface area contributed by atoms with Crippen LogP contribution in [-0.2, 0) is 4.79 Å². The van der Waals surface area contributed by atoms with Crippen molar-refractivity contribution in [3.8, 4) is 5.75 Å². The van der Waals surface area contributed by atoms with Crippen molar-refractivity contribution in [1.82, 2.24) is 9.80 Å². The highest BCUT2D eigenvalue weighted by Gasteiger charge is 2.39. The maximum atomic E-state index is 12.2. The molecule has 5 heteroatoms. The van der Waals surface area contributed by atoms with Crippen molar-refractivity contribution >= 4 is 5.91 Å². The molecule has 0 radical (unpaired) electrons. The van der Waals surface area contributed by atoms with Gasteiger partial charge >= 0.3 is 0 Å². The van der Waals surface area contributed by atoms with Gasteiger partial charge in [-0.15, -0.1) is 0 Å². The van der Waals surface area contributed by atoms with Crippen molar-refractivity contribution in [2.45, 2.75) is 64.0 Å². The second kappa shape index (κ2) is 10.3. The van der Waals surface area contributed by atoms with Crippen LogP contribution in [0.15, 0.2) is 48.5 Å². The van der Waals surface area contributed by atoms with Gasteiger partial charge in [0, 0.05) is 32.6 Å². The molecule has 0 spiro atoms. The van der Waals surface area contributed by atoms with Gasteiger partial charge in [-0.05, 0) is 74.3 Å². The third-order valence-electron chi connectivity index (χ3n) is 7.56. The summed E-state index contributed by atoms with van der Waals surface area (Å²) in [5.74, 6) is 1.39. The molecule has 1 heterocycles. The zero-order valence-electron chi connectivity index (χ0n) is 20.3. The monoisotopic (exact) mass is 450 g/mol. The van der Waals surface area contributed by atoms with E-state index in [4.69, 9.17) is 4.74 Å². The number of amides is 1. The predicted octanol–water partition coefficient (Wildman–Crippen LogP) is 4.30. The van der Waals surface area contributed by atoms with Crippen molar-refractivity contribution in [3.05, 3.63) is 65.2 Å². The van der Waals surface area contributed by atoms with Crippen molar-refractivity contribution in [2.75, 3.05) is 32.8 Å².